The molecule has 2 rings (SSSR count). The van der Waals surface area contributed by atoms with Crippen LogP contribution in [0, 0.1) is 0 Å². The normalized spacial score (nSPS) is 14.2. The predicted molar refractivity (Wildman–Crippen MR) is 144 cm³/mol. The minimum absolute atomic E-state index is 0.00896. The summed E-state index contributed by atoms with van der Waals surface area (Å²) in [7, 11) is 0. The van der Waals surface area contributed by atoms with Crippen molar-refractivity contribution in [2.45, 2.75) is 43.4 Å². The molecule has 0 saturated heterocycles. The van der Waals surface area contributed by atoms with Gasteiger partial charge in [-0.3, -0.25) is 19.2 Å². The van der Waals surface area contributed by atoms with Crippen molar-refractivity contribution in [1.29, 1.82) is 0 Å². The highest BCUT2D eigenvalue weighted by Crippen LogP contribution is 2.19. The van der Waals surface area contributed by atoms with Crippen LogP contribution < -0.4 is 27.4 Å². The number of para-hydroxylation sites is 1. The molecule has 0 saturated carbocycles. The third-order valence-corrected chi connectivity index (χ3v) is 6.55. The van der Waals surface area contributed by atoms with Gasteiger partial charge in [0.05, 0.1) is 12.5 Å². The molecule has 1 aromatic heterocycles. The molecule has 2 aromatic rings. The minimum atomic E-state index is -1.39. The fourth-order valence-corrected chi connectivity index (χ4v) is 4.26. The van der Waals surface area contributed by atoms with Gasteiger partial charge in [0, 0.05) is 29.3 Å². The van der Waals surface area contributed by atoms with Crippen LogP contribution in [-0.2, 0) is 30.4 Å². The Labute approximate surface area is 223 Å². The Bertz CT molecular complexity index is 1130. The SMILES string of the molecule is CSCCC(N)C(=O)NC(CC(N)=O)C(=O)NC(Cc1c[nH]c2ccccc12)C(=O)NC(CS)C(=O)O. The number of thioether (sulfide) groups is 1. The number of primary amides is 1. The Morgan fingerprint density at radius 1 is 1.03 bits per heavy atom. The van der Waals surface area contributed by atoms with Crippen LogP contribution in [-0.4, -0.2) is 81.6 Å². The summed E-state index contributed by atoms with van der Waals surface area (Å²) in [5, 5.41) is 17.4. The van der Waals surface area contributed by atoms with E-state index in [1.54, 1.807) is 6.20 Å². The monoisotopic (exact) mass is 552 g/mol. The van der Waals surface area contributed by atoms with Crippen LogP contribution in [0.25, 0.3) is 10.9 Å². The van der Waals surface area contributed by atoms with E-state index >= 15 is 0 Å². The molecule has 0 aliphatic heterocycles. The molecule has 14 heteroatoms. The van der Waals surface area contributed by atoms with E-state index < -0.39 is 60.2 Å². The van der Waals surface area contributed by atoms with Crippen LogP contribution >= 0.6 is 24.4 Å². The number of H-pyrrole nitrogens is 1. The molecule has 1 aromatic carbocycles. The fourth-order valence-electron chi connectivity index (χ4n) is 3.52. The molecule has 0 radical (unpaired) electrons. The fraction of sp³-hybridized carbons (Fsp3) is 0.435. The van der Waals surface area contributed by atoms with Gasteiger partial charge in [0.15, 0.2) is 0 Å². The van der Waals surface area contributed by atoms with Crippen LogP contribution in [0.15, 0.2) is 30.5 Å². The van der Waals surface area contributed by atoms with Gasteiger partial charge in [-0.05, 0) is 30.1 Å². The third kappa shape index (κ3) is 8.98. The number of hydrogen-bond donors (Lipinski definition) is 8. The highest BCUT2D eigenvalue weighted by Gasteiger charge is 2.31. The summed E-state index contributed by atoms with van der Waals surface area (Å²) in [5.41, 5.74) is 12.6. The molecule has 4 amide bonds. The van der Waals surface area contributed by atoms with E-state index in [1.165, 1.54) is 11.8 Å². The zero-order chi connectivity index (χ0) is 27.5. The maximum atomic E-state index is 13.1. The van der Waals surface area contributed by atoms with Crippen LogP contribution in [0.4, 0.5) is 0 Å². The number of benzene rings is 1. The molecule has 9 N–H and O–H groups in total. The number of aromatic amines is 1. The summed E-state index contributed by atoms with van der Waals surface area (Å²) in [6.45, 7) is 0. The summed E-state index contributed by atoms with van der Waals surface area (Å²) in [6, 6.07) is 2.48. The lowest BCUT2D eigenvalue weighted by Crippen LogP contribution is -2.58. The van der Waals surface area contributed by atoms with E-state index in [0.717, 1.165) is 10.9 Å². The van der Waals surface area contributed by atoms with Gasteiger partial charge in [0.2, 0.25) is 23.6 Å². The quantitative estimate of drug-likeness (QED) is 0.130. The molecule has 0 aliphatic rings. The average molecular weight is 553 g/mol. The highest BCUT2D eigenvalue weighted by atomic mass is 32.2. The standard InChI is InChI=1S/C23H32N6O6S2/c1-37-7-6-14(24)20(31)27-17(9-19(25)30)22(33)28-16(21(32)29-18(11-36)23(34)35)8-12-10-26-15-5-3-2-4-13(12)15/h2-5,10,14,16-18,26,36H,6-9,11,24H2,1H3,(H2,25,30)(H,27,31)(H,28,33)(H,29,32)(H,34,35). The Morgan fingerprint density at radius 2 is 1.65 bits per heavy atom. The zero-order valence-electron chi connectivity index (χ0n) is 20.2. The Kier molecular flexibility index (Phi) is 11.8. The molecule has 0 fully saturated rings. The number of nitrogens with two attached hydrogens (primary N) is 2. The van der Waals surface area contributed by atoms with Crippen molar-refractivity contribution in [3.05, 3.63) is 36.0 Å². The maximum absolute atomic E-state index is 13.1. The molecule has 12 nitrogen and oxygen atoms in total. The second kappa shape index (κ2) is 14.5. The van der Waals surface area contributed by atoms with Crippen molar-refractivity contribution in [1.82, 2.24) is 20.9 Å². The number of carbonyl (C=O) groups is 5. The lowest BCUT2D eigenvalue weighted by atomic mass is 10.0. The maximum Gasteiger partial charge on any atom is 0.327 e. The van der Waals surface area contributed by atoms with Crippen LogP contribution in [0.1, 0.15) is 18.4 Å². The molecule has 1 heterocycles. The summed E-state index contributed by atoms with van der Waals surface area (Å²) in [5.74, 6) is -3.97. The van der Waals surface area contributed by atoms with Gasteiger partial charge in [0.25, 0.3) is 0 Å². The number of thiol groups is 1. The van der Waals surface area contributed by atoms with Crippen LogP contribution in [0.5, 0.6) is 0 Å². The molecule has 4 atom stereocenters. The van der Waals surface area contributed by atoms with Crippen LogP contribution in [0.2, 0.25) is 0 Å². The lowest BCUT2D eigenvalue weighted by molar-refractivity contribution is -0.141. The summed E-state index contributed by atoms with van der Waals surface area (Å²) in [4.78, 5) is 64.8. The van der Waals surface area contributed by atoms with Gasteiger partial charge >= 0.3 is 5.97 Å². The molecule has 0 bridgehead atoms. The largest absolute Gasteiger partial charge is 0.480 e. The first-order chi connectivity index (χ1) is 17.6. The number of aromatic nitrogens is 1. The minimum Gasteiger partial charge on any atom is -0.480 e. The summed E-state index contributed by atoms with van der Waals surface area (Å²) >= 11 is 5.45. The molecule has 0 spiro atoms. The topological polar surface area (TPSA) is 209 Å². The Hall–Kier alpha value is -3.23. The first-order valence-electron chi connectivity index (χ1n) is 11.4. The van der Waals surface area contributed by atoms with E-state index in [2.05, 4.69) is 33.6 Å². The van der Waals surface area contributed by atoms with Crippen molar-refractivity contribution in [3.8, 4) is 0 Å². The number of fused-ring (bicyclic) bond motifs is 1. The Morgan fingerprint density at radius 3 is 2.27 bits per heavy atom. The van der Waals surface area contributed by atoms with Gasteiger partial charge in [-0.15, -0.1) is 0 Å². The first kappa shape index (κ1) is 30.0. The van der Waals surface area contributed by atoms with E-state index in [4.69, 9.17) is 11.5 Å². The number of carboxylic acid groups (broad SMARTS) is 1. The number of aliphatic carboxylic acids is 1. The van der Waals surface area contributed by atoms with E-state index in [-0.39, 0.29) is 12.2 Å². The molecule has 4 unspecified atom stereocenters. The first-order valence-corrected chi connectivity index (χ1v) is 13.4. The molecule has 0 aliphatic carbocycles. The predicted octanol–water partition coefficient (Wildman–Crippen LogP) is -0.865. The van der Waals surface area contributed by atoms with Crippen molar-refractivity contribution in [2.75, 3.05) is 17.8 Å². The van der Waals surface area contributed by atoms with Crippen LogP contribution in [0.3, 0.4) is 0 Å². The molecule has 37 heavy (non-hydrogen) atoms. The Balaban J connectivity index is 2.28. The lowest BCUT2D eigenvalue weighted by Gasteiger charge is -2.24. The summed E-state index contributed by atoms with van der Waals surface area (Å²) in [6.07, 6.45) is 3.35. The smallest absolute Gasteiger partial charge is 0.327 e. The van der Waals surface area contributed by atoms with Gasteiger partial charge in [-0.25, -0.2) is 4.79 Å². The zero-order valence-corrected chi connectivity index (χ0v) is 21.9. The number of carboxylic acids is 1. The van der Waals surface area contributed by atoms with Gasteiger partial charge in [-0.1, -0.05) is 18.2 Å². The number of amides is 4. The van der Waals surface area contributed by atoms with E-state index in [0.29, 0.717) is 17.7 Å². The van der Waals surface area contributed by atoms with Crippen molar-refractivity contribution in [2.24, 2.45) is 11.5 Å². The van der Waals surface area contributed by atoms with Crippen molar-refractivity contribution in [3.63, 3.8) is 0 Å². The van der Waals surface area contributed by atoms with Crippen molar-refractivity contribution < 1.29 is 29.1 Å². The molecule has 202 valence electrons. The highest BCUT2D eigenvalue weighted by molar-refractivity contribution is 7.98. The number of nitrogens with one attached hydrogen (secondary N) is 4. The number of hydrogen-bond acceptors (Lipinski definition) is 8. The van der Waals surface area contributed by atoms with E-state index in [9.17, 15) is 29.1 Å². The van der Waals surface area contributed by atoms with Gasteiger partial charge < -0.3 is 37.5 Å². The van der Waals surface area contributed by atoms with Crippen molar-refractivity contribution >= 4 is 64.9 Å². The second-order valence-electron chi connectivity index (χ2n) is 8.33. The second-order valence-corrected chi connectivity index (χ2v) is 9.68. The van der Waals surface area contributed by atoms with Gasteiger partial charge in [0.1, 0.15) is 18.1 Å². The number of carbonyl (C=O) groups excluding carboxylic acids is 4. The van der Waals surface area contributed by atoms with Gasteiger partial charge in [-0.2, -0.15) is 24.4 Å². The van der Waals surface area contributed by atoms with E-state index in [1.807, 2.05) is 30.5 Å². The number of rotatable bonds is 15. The average Bonchev–Trinajstić information content (AvgIpc) is 3.26. The summed E-state index contributed by atoms with van der Waals surface area (Å²) < 4.78 is 0. The third-order valence-electron chi connectivity index (χ3n) is 5.54. The molecular formula is C23H32N6O6S2. The molecular weight excluding hydrogens is 520 g/mol.